The van der Waals surface area contributed by atoms with Crippen molar-refractivity contribution in [2.45, 2.75) is 0 Å². The number of hydrogen-bond acceptors (Lipinski definition) is 2. The van der Waals surface area contributed by atoms with E-state index < -0.39 is 0 Å². The highest BCUT2D eigenvalue weighted by Crippen LogP contribution is 2.39. The highest BCUT2D eigenvalue weighted by atomic mass is 16.1. The molecular formula is C22H13NO2. The number of benzene rings is 2. The Bertz CT molecular complexity index is 1170. The Hall–Kier alpha value is -3.46. The monoisotopic (exact) mass is 323 g/mol. The summed E-state index contributed by atoms with van der Waals surface area (Å²) >= 11 is 0. The van der Waals surface area contributed by atoms with E-state index in [4.69, 9.17) is 0 Å². The van der Waals surface area contributed by atoms with Gasteiger partial charge in [-0.1, -0.05) is 60.7 Å². The van der Waals surface area contributed by atoms with Gasteiger partial charge >= 0.3 is 0 Å². The van der Waals surface area contributed by atoms with Crippen LogP contribution in [-0.2, 0) is 0 Å². The van der Waals surface area contributed by atoms with Gasteiger partial charge in [0.25, 0.3) is 0 Å². The number of carbonyl (C=O) groups is 2. The Labute approximate surface area is 144 Å². The molecule has 0 atom stereocenters. The van der Waals surface area contributed by atoms with E-state index in [1.165, 1.54) is 0 Å². The van der Waals surface area contributed by atoms with Crippen LogP contribution in [0.3, 0.4) is 0 Å². The Morgan fingerprint density at radius 3 is 2.00 bits per heavy atom. The molecule has 0 bridgehead atoms. The maximum atomic E-state index is 13.3. The maximum Gasteiger partial charge on any atom is 0.211 e. The fraction of sp³-hybridized carbons (Fsp3) is 0. The zero-order chi connectivity index (χ0) is 17.0. The third-order valence-corrected chi connectivity index (χ3v) is 4.76. The van der Waals surface area contributed by atoms with Gasteiger partial charge in [-0.3, -0.25) is 9.59 Å². The molecule has 3 heteroatoms. The lowest BCUT2D eigenvalue weighted by atomic mass is 9.85. The van der Waals surface area contributed by atoms with E-state index in [1.807, 2.05) is 59.1 Å². The topological polar surface area (TPSA) is 38.5 Å². The lowest BCUT2D eigenvalue weighted by molar-refractivity contribution is 0.0976. The van der Waals surface area contributed by atoms with Crippen molar-refractivity contribution in [1.29, 1.82) is 0 Å². The summed E-state index contributed by atoms with van der Waals surface area (Å²) in [6.07, 6.45) is 1.85. The van der Waals surface area contributed by atoms with Gasteiger partial charge in [-0.2, -0.15) is 0 Å². The molecule has 0 saturated carbocycles. The lowest BCUT2D eigenvalue weighted by Crippen LogP contribution is -2.21. The summed E-state index contributed by atoms with van der Waals surface area (Å²) in [4.78, 5) is 26.4. The van der Waals surface area contributed by atoms with Crippen LogP contribution < -0.4 is 0 Å². The van der Waals surface area contributed by atoms with Crippen molar-refractivity contribution in [1.82, 2.24) is 4.40 Å². The standard InChI is InChI=1S/C22H13NO2/c24-21-15-10-4-5-11-16(15)22(25)20-19(21)18(14-8-2-1-3-9-14)17-12-6-7-13-23(17)20/h1-13H. The predicted molar refractivity (Wildman–Crippen MR) is 96.1 cm³/mol. The molecule has 0 spiro atoms. The first-order chi connectivity index (χ1) is 12.3. The summed E-state index contributed by atoms with van der Waals surface area (Å²) in [7, 11) is 0. The highest BCUT2D eigenvalue weighted by Gasteiger charge is 2.35. The van der Waals surface area contributed by atoms with Crippen LogP contribution in [0.4, 0.5) is 0 Å². The van der Waals surface area contributed by atoms with Gasteiger partial charge in [0.15, 0.2) is 5.78 Å². The first kappa shape index (κ1) is 13.9. The van der Waals surface area contributed by atoms with Crippen molar-refractivity contribution in [2.24, 2.45) is 0 Å². The minimum absolute atomic E-state index is 0.0900. The molecule has 3 nitrogen and oxygen atoms in total. The Morgan fingerprint density at radius 2 is 1.24 bits per heavy atom. The quantitative estimate of drug-likeness (QED) is 0.459. The second-order valence-corrected chi connectivity index (χ2v) is 6.12. The maximum absolute atomic E-state index is 13.3. The molecule has 1 aliphatic rings. The third-order valence-electron chi connectivity index (χ3n) is 4.76. The first-order valence-corrected chi connectivity index (χ1v) is 8.14. The molecule has 5 rings (SSSR count). The van der Waals surface area contributed by atoms with Crippen molar-refractivity contribution in [2.75, 3.05) is 0 Å². The van der Waals surface area contributed by atoms with Gasteiger partial charge in [-0.15, -0.1) is 0 Å². The van der Waals surface area contributed by atoms with E-state index in [1.54, 1.807) is 24.3 Å². The highest BCUT2D eigenvalue weighted by molar-refractivity contribution is 6.31. The summed E-state index contributed by atoms with van der Waals surface area (Å²) < 4.78 is 1.84. The molecule has 118 valence electrons. The number of ketones is 2. The molecule has 0 saturated heterocycles. The van der Waals surface area contributed by atoms with Crippen LogP contribution in [0.15, 0.2) is 79.0 Å². The summed E-state index contributed by atoms with van der Waals surface area (Å²) in [5.74, 6) is -0.193. The van der Waals surface area contributed by atoms with E-state index in [-0.39, 0.29) is 11.6 Å². The van der Waals surface area contributed by atoms with Gasteiger partial charge in [0.05, 0.1) is 11.1 Å². The average Bonchev–Trinajstić information content (AvgIpc) is 3.02. The van der Waals surface area contributed by atoms with E-state index in [9.17, 15) is 9.59 Å². The van der Waals surface area contributed by atoms with Gasteiger partial charge in [0, 0.05) is 22.9 Å². The minimum Gasteiger partial charge on any atom is -0.312 e. The molecule has 0 unspecified atom stereocenters. The van der Waals surface area contributed by atoms with Crippen molar-refractivity contribution >= 4 is 17.1 Å². The molecule has 0 N–H and O–H groups in total. The number of nitrogens with zero attached hydrogens (tertiary/aromatic N) is 1. The van der Waals surface area contributed by atoms with Gasteiger partial charge in [-0.25, -0.2) is 0 Å². The predicted octanol–water partition coefficient (Wildman–Crippen LogP) is 4.38. The summed E-state index contributed by atoms with van der Waals surface area (Å²) in [5.41, 5.74) is 4.54. The molecule has 25 heavy (non-hydrogen) atoms. The van der Waals surface area contributed by atoms with Crippen LogP contribution in [0.2, 0.25) is 0 Å². The normalized spacial score (nSPS) is 13.0. The van der Waals surface area contributed by atoms with Crippen LogP contribution in [0.5, 0.6) is 0 Å². The second kappa shape index (κ2) is 5.02. The molecule has 2 heterocycles. The van der Waals surface area contributed by atoms with Crippen LogP contribution >= 0.6 is 0 Å². The van der Waals surface area contributed by atoms with Crippen LogP contribution in [-0.4, -0.2) is 16.0 Å². The zero-order valence-electron chi connectivity index (χ0n) is 13.3. The molecular weight excluding hydrogens is 310 g/mol. The Morgan fingerprint density at radius 1 is 0.600 bits per heavy atom. The SMILES string of the molecule is O=C1c2ccccc2C(=O)c2c1c(-c1ccccc1)c1ccccn21. The Balaban J connectivity index is 1.96. The van der Waals surface area contributed by atoms with Crippen molar-refractivity contribution in [3.05, 3.63) is 101 Å². The second-order valence-electron chi connectivity index (χ2n) is 6.12. The Kier molecular flexibility index (Phi) is 2.80. The average molecular weight is 323 g/mol. The molecule has 4 aromatic rings. The van der Waals surface area contributed by atoms with Crippen LogP contribution in [0, 0.1) is 0 Å². The molecule has 2 aromatic carbocycles. The number of pyridine rings is 1. The molecule has 1 aliphatic carbocycles. The smallest absolute Gasteiger partial charge is 0.211 e. The summed E-state index contributed by atoms with van der Waals surface area (Å²) in [6.45, 7) is 0. The number of rotatable bonds is 1. The largest absolute Gasteiger partial charge is 0.312 e. The van der Waals surface area contributed by atoms with Crippen LogP contribution in [0.1, 0.15) is 32.0 Å². The van der Waals surface area contributed by atoms with Gasteiger partial charge in [0.2, 0.25) is 5.78 Å². The molecule has 2 aromatic heterocycles. The van der Waals surface area contributed by atoms with E-state index in [2.05, 4.69) is 0 Å². The molecule has 0 radical (unpaired) electrons. The number of fused-ring (bicyclic) bond motifs is 4. The van der Waals surface area contributed by atoms with Crippen molar-refractivity contribution < 1.29 is 9.59 Å². The summed E-state index contributed by atoms with van der Waals surface area (Å²) in [5, 5.41) is 0. The fourth-order valence-electron chi connectivity index (χ4n) is 3.69. The third kappa shape index (κ3) is 1.81. The number of carbonyl (C=O) groups excluding carboxylic acids is 2. The number of aromatic nitrogens is 1. The van der Waals surface area contributed by atoms with E-state index >= 15 is 0 Å². The molecule has 0 fully saturated rings. The summed E-state index contributed by atoms with van der Waals surface area (Å²) in [6, 6.07) is 22.6. The zero-order valence-corrected chi connectivity index (χ0v) is 13.3. The van der Waals surface area contributed by atoms with Crippen LogP contribution in [0.25, 0.3) is 16.6 Å². The lowest BCUT2D eigenvalue weighted by Gasteiger charge is -2.15. The van der Waals surface area contributed by atoms with Crippen molar-refractivity contribution in [3.8, 4) is 11.1 Å². The van der Waals surface area contributed by atoms with Crippen molar-refractivity contribution in [3.63, 3.8) is 0 Å². The fourth-order valence-corrected chi connectivity index (χ4v) is 3.69. The first-order valence-electron chi connectivity index (χ1n) is 8.14. The minimum atomic E-state index is -0.103. The molecule has 0 aliphatic heterocycles. The van der Waals surface area contributed by atoms with Gasteiger partial charge in [0.1, 0.15) is 5.69 Å². The van der Waals surface area contributed by atoms with Gasteiger partial charge < -0.3 is 4.40 Å². The van der Waals surface area contributed by atoms with E-state index in [0.29, 0.717) is 22.4 Å². The molecule has 0 amide bonds. The van der Waals surface area contributed by atoms with E-state index in [0.717, 1.165) is 16.6 Å². The van der Waals surface area contributed by atoms with Gasteiger partial charge in [-0.05, 0) is 17.7 Å². The number of hydrogen-bond donors (Lipinski definition) is 0.